The number of nitrogens with one attached hydrogen (secondary N) is 1. The van der Waals surface area contributed by atoms with Gasteiger partial charge < -0.3 is 19.9 Å². The molecule has 2 aliphatic carbocycles. The van der Waals surface area contributed by atoms with Gasteiger partial charge in [-0.05, 0) is 50.5 Å². The number of halogens is 1. The topological polar surface area (TPSA) is 80.7 Å². The maximum absolute atomic E-state index is 12.5. The number of nitrogens with zero attached hydrogens (tertiary/aromatic N) is 1. The van der Waals surface area contributed by atoms with E-state index < -0.39 is 0 Å². The molecule has 1 saturated heterocycles. The molecule has 2 heterocycles. The molecular weight excluding hydrogens is 368 g/mol. The quantitative estimate of drug-likeness (QED) is 0.775. The van der Waals surface area contributed by atoms with Crippen LogP contribution in [0.2, 0.25) is 5.02 Å². The number of aliphatic hydroxyl groups excluding tert-OH is 1. The van der Waals surface area contributed by atoms with Crippen LogP contribution in [-0.2, 0) is 4.74 Å². The molecule has 0 unspecified atom stereocenters. The molecule has 3 aliphatic rings. The molecule has 2 N–H and O–H groups in total. The van der Waals surface area contributed by atoms with Crippen LogP contribution >= 0.6 is 11.6 Å². The normalized spacial score (nSPS) is 26.9. The summed E-state index contributed by atoms with van der Waals surface area (Å²) in [5.41, 5.74) is 0.381. The molecule has 0 radical (unpaired) electrons. The molecule has 3 fully saturated rings. The van der Waals surface area contributed by atoms with Crippen LogP contribution in [-0.4, -0.2) is 48.5 Å². The Morgan fingerprint density at radius 1 is 1.33 bits per heavy atom. The Morgan fingerprint density at radius 2 is 2.11 bits per heavy atom. The number of carbonyl (C=O) groups is 1. The van der Waals surface area contributed by atoms with Gasteiger partial charge in [-0.1, -0.05) is 11.6 Å². The molecule has 27 heavy (non-hydrogen) atoms. The second-order valence-corrected chi connectivity index (χ2v) is 8.60. The number of rotatable bonds is 6. The van der Waals surface area contributed by atoms with Crippen molar-refractivity contribution in [3.8, 4) is 5.88 Å². The Bertz CT molecular complexity index is 689. The summed E-state index contributed by atoms with van der Waals surface area (Å²) < 4.78 is 11.0. The molecule has 148 valence electrons. The third-order valence-electron chi connectivity index (χ3n) is 6.32. The lowest BCUT2D eigenvalue weighted by atomic mass is 9.76. The first-order valence-corrected chi connectivity index (χ1v) is 10.3. The molecule has 1 amide bonds. The van der Waals surface area contributed by atoms with Crippen molar-refractivity contribution in [1.82, 2.24) is 10.3 Å². The second-order valence-electron chi connectivity index (χ2n) is 8.19. The maximum atomic E-state index is 12.5. The van der Waals surface area contributed by atoms with E-state index in [9.17, 15) is 9.90 Å². The molecule has 1 aliphatic heterocycles. The standard InChI is InChI=1S/C20H27ClN2O4/c21-16-9-15(11-23-19(16)27-12-13-1-2-13)18(25)22-10-14-3-4-20(17(14)24)5-7-26-8-6-20/h9,11,13-14,17,24H,1-8,10,12H2,(H,22,25)/t14-,17-/m1/s1. The van der Waals surface area contributed by atoms with E-state index >= 15 is 0 Å². The summed E-state index contributed by atoms with van der Waals surface area (Å²) in [4.78, 5) is 16.6. The summed E-state index contributed by atoms with van der Waals surface area (Å²) in [5, 5.41) is 14.1. The number of ether oxygens (including phenoxy) is 2. The highest BCUT2D eigenvalue weighted by atomic mass is 35.5. The van der Waals surface area contributed by atoms with Gasteiger partial charge in [0, 0.05) is 37.3 Å². The lowest BCUT2D eigenvalue weighted by Crippen LogP contribution is -2.41. The van der Waals surface area contributed by atoms with Crippen LogP contribution in [0.5, 0.6) is 5.88 Å². The highest BCUT2D eigenvalue weighted by Gasteiger charge is 2.48. The summed E-state index contributed by atoms with van der Waals surface area (Å²) in [6.45, 7) is 2.52. The number of pyridine rings is 1. The highest BCUT2D eigenvalue weighted by molar-refractivity contribution is 6.32. The predicted octanol–water partition coefficient (Wildman–Crippen LogP) is 2.82. The van der Waals surface area contributed by atoms with Gasteiger partial charge in [0.05, 0.1) is 18.3 Å². The number of hydrogen-bond donors (Lipinski definition) is 2. The SMILES string of the molecule is O=C(NC[C@H]1CCC2(CCOCC2)[C@@H]1O)c1cnc(OCC2CC2)c(Cl)c1. The van der Waals surface area contributed by atoms with E-state index in [2.05, 4.69) is 10.3 Å². The average Bonchev–Trinajstić information content (AvgIpc) is 3.47. The van der Waals surface area contributed by atoms with Crippen molar-refractivity contribution < 1.29 is 19.4 Å². The van der Waals surface area contributed by atoms with Gasteiger partial charge in [-0.15, -0.1) is 0 Å². The predicted molar refractivity (Wildman–Crippen MR) is 101 cm³/mol. The molecule has 4 rings (SSSR count). The number of hydrogen-bond acceptors (Lipinski definition) is 5. The van der Waals surface area contributed by atoms with Crippen molar-refractivity contribution in [2.45, 2.75) is 44.6 Å². The first kappa shape index (κ1) is 19.0. The van der Waals surface area contributed by atoms with Gasteiger partial charge in [0.15, 0.2) is 0 Å². The Hall–Kier alpha value is -1.37. The minimum atomic E-state index is -0.387. The van der Waals surface area contributed by atoms with Gasteiger partial charge in [-0.25, -0.2) is 4.98 Å². The smallest absolute Gasteiger partial charge is 0.252 e. The number of aromatic nitrogens is 1. The number of amides is 1. The van der Waals surface area contributed by atoms with Crippen molar-refractivity contribution in [3.05, 3.63) is 22.8 Å². The summed E-state index contributed by atoms with van der Waals surface area (Å²) in [5.74, 6) is 0.852. The molecule has 2 saturated carbocycles. The first-order chi connectivity index (χ1) is 13.1. The fourth-order valence-electron chi connectivity index (χ4n) is 4.28. The summed E-state index contributed by atoms with van der Waals surface area (Å²) in [6, 6.07) is 1.59. The first-order valence-electron chi connectivity index (χ1n) is 9.90. The van der Waals surface area contributed by atoms with E-state index in [0.29, 0.717) is 35.5 Å². The molecule has 6 nitrogen and oxygen atoms in total. The van der Waals surface area contributed by atoms with Gasteiger partial charge in [0.1, 0.15) is 5.02 Å². The van der Waals surface area contributed by atoms with Crippen LogP contribution in [0, 0.1) is 17.3 Å². The van der Waals surface area contributed by atoms with Crippen molar-refractivity contribution in [3.63, 3.8) is 0 Å². The van der Waals surface area contributed by atoms with Crippen LogP contribution in [0.1, 0.15) is 48.9 Å². The van der Waals surface area contributed by atoms with E-state index in [1.54, 1.807) is 6.07 Å². The monoisotopic (exact) mass is 394 g/mol. The summed E-state index contributed by atoms with van der Waals surface area (Å²) in [7, 11) is 0. The van der Waals surface area contributed by atoms with Gasteiger partial charge in [-0.2, -0.15) is 0 Å². The van der Waals surface area contributed by atoms with E-state index in [-0.39, 0.29) is 23.3 Å². The van der Waals surface area contributed by atoms with E-state index in [1.807, 2.05) is 0 Å². The Balaban J connectivity index is 1.30. The zero-order chi connectivity index (χ0) is 18.9. The van der Waals surface area contributed by atoms with Crippen molar-refractivity contribution in [2.24, 2.45) is 17.3 Å². The number of aliphatic hydroxyl groups is 1. The van der Waals surface area contributed by atoms with E-state index in [0.717, 1.165) is 38.9 Å². The fourth-order valence-corrected chi connectivity index (χ4v) is 4.50. The molecule has 0 aromatic carbocycles. The number of carbonyl (C=O) groups excluding carboxylic acids is 1. The Morgan fingerprint density at radius 3 is 2.81 bits per heavy atom. The lowest BCUT2D eigenvalue weighted by Gasteiger charge is -2.37. The second kappa shape index (κ2) is 7.94. The van der Waals surface area contributed by atoms with Crippen molar-refractivity contribution in [2.75, 3.05) is 26.4 Å². The Kier molecular flexibility index (Phi) is 5.58. The summed E-state index contributed by atoms with van der Waals surface area (Å²) in [6.07, 6.45) is 7.22. The third kappa shape index (κ3) is 4.23. The molecule has 2 atom stereocenters. The van der Waals surface area contributed by atoms with Gasteiger partial charge in [0.2, 0.25) is 5.88 Å². The molecule has 1 spiro atoms. The van der Waals surface area contributed by atoms with E-state index in [1.165, 1.54) is 19.0 Å². The fraction of sp³-hybridized carbons (Fsp3) is 0.700. The zero-order valence-electron chi connectivity index (χ0n) is 15.5. The molecular formula is C20H27ClN2O4. The molecule has 1 aromatic heterocycles. The van der Waals surface area contributed by atoms with Crippen LogP contribution in [0.4, 0.5) is 0 Å². The largest absolute Gasteiger partial charge is 0.476 e. The molecule has 0 bridgehead atoms. The van der Waals surface area contributed by atoms with Crippen LogP contribution in [0.3, 0.4) is 0 Å². The van der Waals surface area contributed by atoms with Gasteiger partial charge in [-0.3, -0.25) is 4.79 Å². The third-order valence-corrected chi connectivity index (χ3v) is 6.59. The van der Waals surface area contributed by atoms with Crippen LogP contribution in [0.25, 0.3) is 0 Å². The Labute approximate surface area is 164 Å². The molecule has 1 aromatic rings. The minimum absolute atomic E-state index is 0.0287. The van der Waals surface area contributed by atoms with E-state index in [4.69, 9.17) is 21.1 Å². The lowest BCUT2D eigenvalue weighted by molar-refractivity contribution is -0.0555. The maximum Gasteiger partial charge on any atom is 0.252 e. The highest BCUT2D eigenvalue weighted by Crippen LogP contribution is 2.48. The summed E-state index contributed by atoms with van der Waals surface area (Å²) >= 11 is 6.21. The molecule has 7 heteroatoms. The average molecular weight is 395 g/mol. The van der Waals surface area contributed by atoms with Gasteiger partial charge in [0.25, 0.3) is 5.91 Å². The van der Waals surface area contributed by atoms with Gasteiger partial charge >= 0.3 is 0 Å². The minimum Gasteiger partial charge on any atom is -0.476 e. The van der Waals surface area contributed by atoms with Crippen molar-refractivity contribution in [1.29, 1.82) is 0 Å². The van der Waals surface area contributed by atoms with Crippen LogP contribution < -0.4 is 10.1 Å². The van der Waals surface area contributed by atoms with Crippen molar-refractivity contribution >= 4 is 17.5 Å². The zero-order valence-corrected chi connectivity index (χ0v) is 16.2. The van der Waals surface area contributed by atoms with Crippen LogP contribution in [0.15, 0.2) is 12.3 Å².